The number of carbonyl (C=O) groups is 6. The molecule has 0 radical (unpaired) electrons. The van der Waals surface area contributed by atoms with Crippen LogP contribution in [-0.4, -0.2) is 74.5 Å². The number of rotatable bonds is 50. The molecule has 0 aromatic heterocycles. The summed E-state index contributed by atoms with van der Waals surface area (Å²) in [7, 11) is 0. The first kappa shape index (κ1) is 79.5. The summed E-state index contributed by atoms with van der Waals surface area (Å²) in [5.41, 5.74) is 0. The van der Waals surface area contributed by atoms with E-state index in [0.29, 0.717) is 19.3 Å². The van der Waals surface area contributed by atoms with Crippen molar-refractivity contribution in [2.24, 2.45) is 17.8 Å². The maximum Gasteiger partial charge on any atom is 0.309 e. The molecule has 2 atom stereocenters. The molecule has 0 amide bonds. The Bertz CT molecular complexity index is 1630. The molecule has 80 heavy (non-hydrogen) atoms. The second-order valence-corrected chi connectivity index (χ2v) is 20.7. The van der Waals surface area contributed by atoms with Crippen LogP contribution < -0.4 is 0 Å². The largest absolute Gasteiger partial charge is 0.462 e. The summed E-state index contributed by atoms with van der Waals surface area (Å²) in [6.45, 7) is 25.6. The molecule has 0 rings (SSSR count). The molecule has 2 unspecified atom stereocenters. The van der Waals surface area contributed by atoms with E-state index in [1.54, 1.807) is 6.08 Å². The molecular weight excluding hydrogens is 1010 g/mol. The van der Waals surface area contributed by atoms with Crippen molar-refractivity contribution in [1.82, 2.24) is 0 Å². The first-order valence-corrected chi connectivity index (χ1v) is 31.7. The third-order valence-corrected chi connectivity index (χ3v) is 12.9. The number of carbonyl (C=O) groups excluding carboxylic acids is 6. The summed E-state index contributed by atoms with van der Waals surface area (Å²) in [6.07, 6.45) is 47.6. The minimum atomic E-state index is -0.792. The van der Waals surface area contributed by atoms with Gasteiger partial charge in [0.25, 0.3) is 0 Å². The van der Waals surface area contributed by atoms with Crippen LogP contribution in [0.5, 0.6) is 0 Å². The Hall–Kier alpha value is -4.74. The minimum absolute atomic E-state index is 0.0745. The Kier molecular flexibility index (Phi) is 61.5. The van der Waals surface area contributed by atoms with E-state index < -0.39 is 12.2 Å². The van der Waals surface area contributed by atoms with Crippen LogP contribution in [0, 0.1) is 17.8 Å². The fraction of sp³-hybridized carbons (Fsp3) is 0.735. The van der Waals surface area contributed by atoms with Gasteiger partial charge in [0.05, 0.1) is 17.8 Å². The Morgan fingerprint density at radius 1 is 0.338 bits per heavy atom. The first-order chi connectivity index (χ1) is 38.8. The van der Waals surface area contributed by atoms with Crippen molar-refractivity contribution in [3.05, 3.63) is 73.9 Å². The van der Waals surface area contributed by atoms with E-state index in [9.17, 15) is 28.8 Å². The van der Waals surface area contributed by atoms with Gasteiger partial charge in [-0.1, -0.05) is 213 Å². The second-order valence-electron chi connectivity index (χ2n) is 20.7. The number of hydrogen-bond donors (Lipinski definition) is 0. The van der Waals surface area contributed by atoms with Crippen LogP contribution in [0.2, 0.25) is 0 Å². The summed E-state index contributed by atoms with van der Waals surface area (Å²) in [4.78, 5) is 74.0. The SMILES string of the molecule is C=CC/C=C\C/C=C\C/C=C\C/C=C\CC.C=CCCCC(=O)OCC(COC(=O)C(CCC)CCC)OC(=O)C(CCC)CCC.CCCCCCCC(=O)OCC(COC(=O)C(CCC)CCC)OC(=O)CCCCCCC. The molecule has 12 nitrogen and oxygen atoms in total. The Balaban J connectivity index is -0.00000118. The van der Waals surface area contributed by atoms with Crippen LogP contribution >= 0.6 is 0 Å². The molecule has 0 aromatic carbocycles. The zero-order valence-electron chi connectivity index (χ0n) is 52.4. The van der Waals surface area contributed by atoms with Crippen LogP contribution in [0.3, 0.4) is 0 Å². The number of hydrogen-bond acceptors (Lipinski definition) is 12. The van der Waals surface area contributed by atoms with Crippen LogP contribution in [-0.2, 0) is 57.2 Å². The molecule has 0 aromatic rings. The lowest BCUT2D eigenvalue weighted by Gasteiger charge is -2.22. The monoisotopic (exact) mass is 1130 g/mol. The number of allylic oxidation sites excluding steroid dienone is 10. The lowest BCUT2D eigenvalue weighted by atomic mass is 9.98. The molecule has 0 fully saturated rings. The van der Waals surface area contributed by atoms with E-state index in [-0.39, 0.29) is 86.4 Å². The quantitative estimate of drug-likeness (QED) is 0.0246. The fourth-order valence-electron chi connectivity index (χ4n) is 8.38. The second kappa shape index (κ2) is 61.9. The van der Waals surface area contributed by atoms with Gasteiger partial charge < -0.3 is 28.4 Å². The van der Waals surface area contributed by atoms with E-state index in [2.05, 4.69) is 82.5 Å². The van der Waals surface area contributed by atoms with Gasteiger partial charge in [-0.15, -0.1) is 13.2 Å². The standard InChI is InChI=1S/C27H50O6.C25H44O6.C16H24/c1-5-9-11-13-15-19-25(28)31-21-24(33-26(29)20-16-14-12-10-6-2)22-32-27(30)23(17-7-3)18-8-4;1-6-11-12-17-23(26)29-18-22(31-25(28)21(15-9-4)16-10-5)19-30-24(27)20(13-7-2)14-8-3;1-3-5-7-9-11-13-15-16-14-12-10-8-6-4-2/h23-24H,5-22H2,1-4H3;6,20-22H,1,7-19H2,2-5H3;3,6-9,12-15H,1,4-5,10-11,16H2,2H3/b;;8-6-,9-7-,14-12-,15-13-. The van der Waals surface area contributed by atoms with Crippen molar-refractivity contribution in [1.29, 1.82) is 0 Å². The molecule has 0 spiro atoms. The summed E-state index contributed by atoms with van der Waals surface area (Å²) in [5, 5.41) is 0. The van der Waals surface area contributed by atoms with Gasteiger partial charge in [0.15, 0.2) is 12.2 Å². The number of ether oxygens (including phenoxy) is 6. The average molecular weight is 1130 g/mol. The van der Waals surface area contributed by atoms with Crippen molar-refractivity contribution in [3.63, 3.8) is 0 Å². The van der Waals surface area contributed by atoms with Gasteiger partial charge in [-0.3, -0.25) is 28.8 Å². The van der Waals surface area contributed by atoms with E-state index in [1.807, 2.05) is 47.6 Å². The zero-order chi connectivity index (χ0) is 60.1. The van der Waals surface area contributed by atoms with Crippen LogP contribution in [0.15, 0.2) is 73.9 Å². The van der Waals surface area contributed by atoms with Crippen molar-refractivity contribution in [2.45, 2.75) is 280 Å². The fourth-order valence-corrected chi connectivity index (χ4v) is 8.38. The first-order valence-electron chi connectivity index (χ1n) is 31.7. The molecule has 12 heteroatoms. The molecular formula is C68H118O12. The van der Waals surface area contributed by atoms with Crippen LogP contribution in [0.4, 0.5) is 0 Å². The highest BCUT2D eigenvalue weighted by Crippen LogP contribution is 2.20. The van der Waals surface area contributed by atoms with Gasteiger partial charge >= 0.3 is 35.8 Å². The van der Waals surface area contributed by atoms with Crippen molar-refractivity contribution < 1.29 is 57.2 Å². The molecule has 0 aliphatic heterocycles. The summed E-state index contributed by atoms with van der Waals surface area (Å²) < 4.78 is 32.8. The predicted molar refractivity (Wildman–Crippen MR) is 330 cm³/mol. The van der Waals surface area contributed by atoms with Crippen molar-refractivity contribution >= 4 is 35.8 Å². The lowest BCUT2D eigenvalue weighted by Crippen LogP contribution is -2.34. The zero-order valence-corrected chi connectivity index (χ0v) is 52.4. The van der Waals surface area contributed by atoms with Gasteiger partial charge in [0.2, 0.25) is 0 Å². The maximum atomic E-state index is 12.7. The Morgan fingerprint density at radius 3 is 1.05 bits per heavy atom. The van der Waals surface area contributed by atoms with Crippen molar-refractivity contribution in [2.75, 3.05) is 26.4 Å². The number of unbranched alkanes of at least 4 members (excludes halogenated alkanes) is 9. The Labute approximate surface area is 489 Å². The molecule has 0 saturated carbocycles. The third kappa shape index (κ3) is 52.6. The Morgan fingerprint density at radius 2 is 0.675 bits per heavy atom. The molecule has 0 aliphatic rings. The summed E-state index contributed by atoms with van der Waals surface area (Å²) in [5.74, 6) is -2.32. The van der Waals surface area contributed by atoms with Gasteiger partial charge in [-0.25, -0.2) is 0 Å². The highest BCUT2D eigenvalue weighted by atomic mass is 16.6. The van der Waals surface area contributed by atoms with Gasteiger partial charge in [-0.2, -0.15) is 0 Å². The van der Waals surface area contributed by atoms with E-state index >= 15 is 0 Å². The highest BCUT2D eigenvalue weighted by Gasteiger charge is 2.27. The normalized spacial score (nSPS) is 12.1. The van der Waals surface area contributed by atoms with Crippen LogP contribution in [0.25, 0.3) is 0 Å². The smallest absolute Gasteiger partial charge is 0.309 e. The van der Waals surface area contributed by atoms with Gasteiger partial charge in [0, 0.05) is 19.3 Å². The maximum absolute atomic E-state index is 12.7. The van der Waals surface area contributed by atoms with Crippen LogP contribution in [0.1, 0.15) is 268 Å². The molecule has 0 aliphatic carbocycles. The molecule has 462 valence electrons. The number of esters is 6. The van der Waals surface area contributed by atoms with E-state index in [0.717, 1.165) is 167 Å². The highest BCUT2D eigenvalue weighted by molar-refractivity contribution is 5.74. The lowest BCUT2D eigenvalue weighted by molar-refractivity contribution is -0.171. The molecule has 0 saturated heterocycles. The molecule has 0 heterocycles. The third-order valence-electron chi connectivity index (χ3n) is 12.9. The topological polar surface area (TPSA) is 158 Å². The summed E-state index contributed by atoms with van der Waals surface area (Å²) in [6, 6.07) is 0. The van der Waals surface area contributed by atoms with E-state index in [1.165, 1.54) is 12.8 Å². The minimum Gasteiger partial charge on any atom is -0.462 e. The van der Waals surface area contributed by atoms with Crippen molar-refractivity contribution in [3.8, 4) is 0 Å². The van der Waals surface area contributed by atoms with Gasteiger partial charge in [-0.05, 0) is 96.3 Å². The van der Waals surface area contributed by atoms with Gasteiger partial charge in [0.1, 0.15) is 26.4 Å². The predicted octanol–water partition coefficient (Wildman–Crippen LogP) is 18.1. The summed E-state index contributed by atoms with van der Waals surface area (Å²) >= 11 is 0. The molecule has 0 N–H and O–H groups in total. The average Bonchev–Trinajstić information content (AvgIpc) is 3.44. The molecule has 0 bridgehead atoms. The van der Waals surface area contributed by atoms with E-state index in [4.69, 9.17) is 28.4 Å².